The third kappa shape index (κ3) is 1.44. The zero-order valence-corrected chi connectivity index (χ0v) is 9.16. The lowest BCUT2D eigenvalue weighted by molar-refractivity contribution is -0.147. The van der Waals surface area contributed by atoms with Crippen LogP contribution in [0.1, 0.15) is 30.4 Å². The van der Waals surface area contributed by atoms with Crippen LogP contribution in [0.3, 0.4) is 0 Å². The molecule has 2 rings (SSSR count). The second-order valence-electron chi connectivity index (χ2n) is 3.91. The van der Waals surface area contributed by atoms with E-state index in [4.69, 9.17) is 16.9 Å². The Labute approximate surface area is 97.5 Å². The van der Waals surface area contributed by atoms with Crippen molar-refractivity contribution in [3.8, 4) is 6.07 Å². The van der Waals surface area contributed by atoms with Crippen molar-refractivity contribution in [1.82, 2.24) is 4.98 Å². The summed E-state index contributed by atoms with van der Waals surface area (Å²) in [5, 5.41) is 18.2. The van der Waals surface area contributed by atoms with E-state index in [2.05, 4.69) is 4.98 Å². The fraction of sp³-hybridized carbons (Fsp3) is 0.364. The molecule has 0 saturated heterocycles. The second kappa shape index (κ2) is 3.76. The summed E-state index contributed by atoms with van der Waals surface area (Å²) in [7, 11) is 0. The van der Waals surface area contributed by atoms with E-state index in [1.54, 1.807) is 0 Å². The summed E-state index contributed by atoms with van der Waals surface area (Å²) in [5.41, 5.74) is -0.0534. The molecular weight excluding hydrogens is 228 g/mol. The molecule has 0 bridgehead atoms. The number of carbonyl (C=O) groups is 1. The van der Waals surface area contributed by atoms with Crippen molar-refractivity contribution in [2.45, 2.75) is 24.7 Å². The zero-order chi connectivity index (χ0) is 11.8. The van der Waals surface area contributed by atoms with E-state index in [-0.39, 0.29) is 10.7 Å². The molecule has 0 unspecified atom stereocenters. The first kappa shape index (κ1) is 10.9. The van der Waals surface area contributed by atoms with E-state index in [0.29, 0.717) is 18.4 Å². The van der Waals surface area contributed by atoms with Crippen LogP contribution in [0, 0.1) is 11.3 Å². The fourth-order valence-electron chi connectivity index (χ4n) is 1.94. The number of hydrogen-bond acceptors (Lipinski definition) is 3. The molecule has 1 N–H and O–H groups in total. The molecule has 16 heavy (non-hydrogen) atoms. The predicted molar refractivity (Wildman–Crippen MR) is 57.1 cm³/mol. The highest BCUT2D eigenvalue weighted by Gasteiger charge is 2.46. The molecule has 0 amide bonds. The maximum absolute atomic E-state index is 11.2. The third-order valence-electron chi connectivity index (χ3n) is 3.13. The van der Waals surface area contributed by atoms with Gasteiger partial charge in [-0.25, -0.2) is 4.98 Å². The molecule has 1 saturated carbocycles. The van der Waals surface area contributed by atoms with Crippen molar-refractivity contribution >= 4 is 17.6 Å². The lowest BCUT2D eigenvalue weighted by atomic mass is 9.65. The Balaban J connectivity index is 2.49. The van der Waals surface area contributed by atoms with Crippen LogP contribution in [-0.4, -0.2) is 16.1 Å². The Bertz CT molecular complexity index is 489. The molecule has 5 heteroatoms. The van der Waals surface area contributed by atoms with Crippen molar-refractivity contribution in [2.24, 2.45) is 0 Å². The van der Waals surface area contributed by atoms with Gasteiger partial charge in [-0.05, 0) is 24.5 Å². The van der Waals surface area contributed by atoms with Gasteiger partial charge >= 0.3 is 5.97 Å². The minimum absolute atomic E-state index is 0.117. The van der Waals surface area contributed by atoms with Crippen molar-refractivity contribution in [3.05, 3.63) is 28.5 Å². The fourth-order valence-corrected chi connectivity index (χ4v) is 2.09. The Kier molecular flexibility index (Phi) is 2.56. The Morgan fingerprint density at radius 1 is 1.62 bits per heavy atom. The van der Waals surface area contributed by atoms with Crippen LogP contribution in [0.25, 0.3) is 0 Å². The number of halogens is 1. The summed E-state index contributed by atoms with van der Waals surface area (Å²) in [5.74, 6) is -0.855. The minimum Gasteiger partial charge on any atom is -0.481 e. The maximum atomic E-state index is 11.2. The Morgan fingerprint density at radius 3 is 2.75 bits per heavy atom. The Hall–Kier alpha value is -1.60. The van der Waals surface area contributed by atoms with Crippen LogP contribution in [-0.2, 0) is 10.2 Å². The average Bonchev–Trinajstić information content (AvgIpc) is 2.18. The summed E-state index contributed by atoms with van der Waals surface area (Å²) < 4.78 is 0. The SMILES string of the molecule is N#Cc1cc(C2(C(=O)O)CCC2)cnc1Cl. The van der Waals surface area contributed by atoms with E-state index in [0.717, 1.165) is 6.42 Å². The van der Waals surface area contributed by atoms with Crippen LogP contribution in [0.2, 0.25) is 5.15 Å². The van der Waals surface area contributed by atoms with Crippen LogP contribution in [0.15, 0.2) is 12.3 Å². The van der Waals surface area contributed by atoms with E-state index in [9.17, 15) is 9.90 Å². The molecular formula is C11H9ClN2O2. The van der Waals surface area contributed by atoms with Gasteiger partial charge in [-0.1, -0.05) is 18.0 Å². The summed E-state index contributed by atoms with van der Waals surface area (Å²) in [6.07, 6.45) is 3.53. The van der Waals surface area contributed by atoms with Gasteiger partial charge in [-0.2, -0.15) is 5.26 Å². The monoisotopic (exact) mass is 236 g/mol. The molecule has 0 aromatic carbocycles. The highest BCUT2D eigenvalue weighted by atomic mass is 35.5. The third-order valence-corrected chi connectivity index (χ3v) is 3.43. The van der Waals surface area contributed by atoms with Gasteiger partial charge < -0.3 is 5.11 Å². The first-order valence-corrected chi connectivity index (χ1v) is 5.27. The number of aromatic nitrogens is 1. The molecule has 0 radical (unpaired) electrons. The van der Waals surface area contributed by atoms with Gasteiger partial charge in [0.25, 0.3) is 0 Å². The molecule has 1 aliphatic rings. The summed E-state index contributed by atoms with van der Waals surface area (Å²) in [6.45, 7) is 0. The molecule has 82 valence electrons. The highest BCUT2D eigenvalue weighted by Crippen LogP contribution is 2.44. The highest BCUT2D eigenvalue weighted by molar-refractivity contribution is 6.30. The molecule has 0 spiro atoms. The van der Waals surface area contributed by atoms with Crippen molar-refractivity contribution < 1.29 is 9.90 Å². The zero-order valence-electron chi connectivity index (χ0n) is 8.40. The summed E-state index contributed by atoms with van der Waals surface area (Å²) in [6, 6.07) is 3.44. The quantitative estimate of drug-likeness (QED) is 0.798. The number of nitriles is 1. The number of hydrogen-bond donors (Lipinski definition) is 1. The normalized spacial score (nSPS) is 17.2. The largest absolute Gasteiger partial charge is 0.481 e. The van der Waals surface area contributed by atoms with Crippen LogP contribution >= 0.6 is 11.6 Å². The van der Waals surface area contributed by atoms with Gasteiger partial charge in [0.1, 0.15) is 11.2 Å². The van der Waals surface area contributed by atoms with Gasteiger partial charge in [0, 0.05) is 6.20 Å². The molecule has 4 nitrogen and oxygen atoms in total. The number of carboxylic acids is 1. The van der Waals surface area contributed by atoms with E-state index in [1.807, 2.05) is 6.07 Å². The van der Waals surface area contributed by atoms with Gasteiger partial charge in [-0.15, -0.1) is 0 Å². The summed E-state index contributed by atoms with van der Waals surface area (Å²) >= 11 is 5.71. The number of carboxylic acid groups (broad SMARTS) is 1. The molecule has 0 atom stereocenters. The molecule has 1 heterocycles. The lowest BCUT2D eigenvalue weighted by Crippen LogP contribution is -2.42. The number of pyridine rings is 1. The van der Waals surface area contributed by atoms with Crippen molar-refractivity contribution in [1.29, 1.82) is 5.26 Å². The van der Waals surface area contributed by atoms with Gasteiger partial charge in [0.05, 0.1) is 11.0 Å². The second-order valence-corrected chi connectivity index (χ2v) is 4.27. The molecule has 1 aromatic heterocycles. The first-order valence-electron chi connectivity index (χ1n) is 4.90. The van der Waals surface area contributed by atoms with Crippen LogP contribution in [0.5, 0.6) is 0 Å². The van der Waals surface area contributed by atoms with Gasteiger partial charge in [-0.3, -0.25) is 4.79 Å². The number of rotatable bonds is 2. The topological polar surface area (TPSA) is 74.0 Å². The van der Waals surface area contributed by atoms with Crippen LogP contribution in [0.4, 0.5) is 0 Å². The van der Waals surface area contributed by atoms with E-state index in [1.165, 1.54) is 12.3 Å². The minimum atomic E-state index is -0.858. The van der Waals surface area contributed by atoms with Gasteiger partial charge in [0.2, 0.25) is 0 Å². The standard InChI is InChI=1S/C11H9ClN2O2/c12-9-7(5-13)4-8(6-14-9)11(10(15)16)2-1-3-11/h4,6H,1-3H2,(H,15,16). The van der Waals surface area contributed by atoms with Crippen molar-refractivity contribution in [2.75, 3.05) is 0 Å². The number of nitrogens with zero attached hydrogens (tertiary/aromatic N) is 2. The molecule has 1 aromatic rings. The van der Waals surface area contributed by atoms with E-state index >= 15 is 0 Å². The molecule has 1 aliphatic carbocycles. The van der Waals surface area contributed by atoms with Crippen molar-refractivity contribution in [3.63, 3.8) is 0 Å². The average molecular weight is 237 g/mol. The molecule has 1 fully saturated rings. The summed E-state index contributed by atoms with van der Waals surface area (Å²) in [4.78, 5) is 15.1. The number of aliphatic carboxylic acids is 1. The maximum Gasteiger partial charge on any atom is 0.314 e. The Morgan fingerprint density at radius 2 is 2.31 bits per heavy atom. The lowest BCUT2D eigenvalue weighted by Gasteiger charge is -2.37. The first-order chi connectivity index (χ1) is 7.60. The smallest absolute Gasteiger partial charge is 0.314 e. The predicted octanol–water partition coefficient (Wildman–Crippen LogP) is 2.11. The van der Waals surface area contributed by atoms with E-state index < -0.39 is 11.4 Å². The molecule has 0 aliphatic heterocycles. The van der Waals surface area contributed by atoms with Crippen LogP contribution < -0.4 is 0 Å². The van der Waals surface area contributed by atoms with Gasteiger partial charge in [0.15, 0.2) is 0 Å².